The molecule has 0 bridgehead atoms. The van der Waals surface area contributed by atoms with Gasteiger partial charge in [-0.05, 0) is 68.0 Å². The van der Waals surface area contributed by atoms with Crippen LogP contribution in [0.3, 0.4) is 0 Å². The van der Waals surface area contributed by atoms with Crippen LogP contribution in [0.15, 0.2) is 42.5 Å². The predicted octanol–water partition coefficient (Wildman–Crippen LogP) is 3.89. The minimum absolute atomic E-state index is 0.0447. The second kappa shape index (κ2) is 14.4. The normalized spacial score (nSPS) is 20.0. The van der Waals surface area contributed by atoms with Gasteiger partial charge in [0.1, 0.15) is 5.75 Å². The maximum absolute atomic E-state index is 13.6. The molecule has 1 fully saturated rings. The monoisotopic (exact) mass is 553 g/mol. The maximum atomic E-state index is 13.6. The van der Waals surface area contributed by atoms with Gasteiger partial charge < -0.3 is 30.0 Å². The van der Waals surface area contributed by atoms with Crippen molar-refractivity contribution in [3.05, 3.63) is 53.6 Å². The number of aryl methyl sites for hydroxylation is 1. The van der Waals surface area contributed by atoms with E-state index in [1.807, 2.05) is 47.4 Å². The third kappa shape index (κ3) is 7.06. The van der Waals surface area contributed by atoms with Crippen molar-refractivity contribution < 1.29 is 28.9 Å². The second-order valence-electron chi connectivity index (χ2n) is 10.7. The molecule has 1 saturated heterocycles. The zero-order valence-corrected chi connectivity index (χ0v) is 23.7. The Morgan fingerprint density at radius 3 is 2.62 bits per heavy atom. The fourth-order valence-corrected chi connectivity index (χ4v) is 5.98. The lowest BCUT2D eigenvalue weighted by Crippen LogP contribution is -2.45. The summed E-state index contributed by atoms with van der Waals surface area (Å²) in [5, 5.41) is 10.5. The number of ether oxygens (including phenoxy) is 3. The first-order valence-corrected chi connectivity index (χ1v) is 14.4. The maximum Gasteiger partial charge on any atom is 0.308 e. The van der Waals surface area contributed by atoms with Crippen molar-refractivity contribution in [3.8, 4) is 17.2 Å². The lowest BCUT2D eigenvalue weighted by atomic mass is 9.83. The number of hydrogen-bond donors (Lipinski definition) is 2. The number of nitrogens with zero attached hydrogens (tertiary/aromatic N) is 2. The number of methoxy groups -OCH3 is 1. The molecule has 0 spiro atoms. The number of hydrogen-bond acceptors (Lipinski definition) is 7. The van der Waals surface area contributed by atoms with Gasteiger partial charge in [-0.3, -0.25) is 14.5 Å². The van der Waals surface area contributed by atoms with E-state index in [0.29, 0.717) is 50.5 Å². The van der Waals surface area contributed by atoms with Crippen LogP contribution in [-0.2, 0) is 16.0 Å². The van der Waals surface area contributed by atoms with E-state index in [-0.39, 0.29) is 31.2 Å². The summed E-state index contributed by atoms with van der Waals surface area (Å²) in [6.45, 7) is 4.91. The van der Waals surface area contributed by atoms with E-state index in [1.54, 1.807) is 7.11 Å². The molecule has 0 aliphatic carbocycles. The van der Waals surface area contributed by atoms with Crippen LogP contribution in [-0.4, -0.2) is 79.5 Å². The fourth-order valence-electron chi connectivity index (χ4n) is 5.98. The molecule has 9 nitrogen and oxygen atoms in total. The Balaban J connectivity index is 1.60. The molecular formula is C31H43N3O6. The Morgan fingerprint density at radius 2 is 1.88 bits per heavy atom. The summed E-state index contributed by atoms with van der Waals surface area (Å²) in [5.41, 5.74) is 7.61. The molecule has 1 amide bonds. The lowest BCUT2D eigenvalue weighted by molar-refractivity contribution is -0.143. The number of carbonyl (C=O) groups excluding carboxylic acids is 1. The van der Waals surface area contributed by atoms with Crippen LogP contribution in [0.1, 0.15) is 56.1 Å². The molecule has 0 unspecified atom stereocenters. The highest BCUT2D eigenvalue weighted by atomic mass is 16.7. The van der Waals surface area contributed by atoms with Gasteiger partial charge in [-0.2, -0.15) is 0 Å². The number of amides is 1. The Morgan fingerprint density at radius 1 is 1.10 bits per heavy atom. The van der Waals surface area contributed by atoms with Crippen molar-refractivity contribution in [1.29, 1.82) is 0 Å². The second-order valence-corrected chi connectivity index (χ2v) is 10.7. The highest BCUT2D eigenvalue weighted by Crippen LogP contribution is 2.43. The molecule has 2 aliphatic heterocycles. The zero-order valence-electron chi connectivity index (χ0n) is 23.7. The molecule has 3 atom stereocenters. The molecule has 218 valence electrons. The third-order valence-electron chi connectivity index (χ3n) is 8.11. The molecule has 2 aromatic rings. The standard InChI is InChI=1S/C31H43N3O6/c1-3-4-16-33(17-8-7-15-32)29(35)20-34-19-24(23-12-14-27-28(18-23)40-21-39-27)30(31(36)37)25(34)13-11-22-9-5-6-10-26(22)38-2/h5-6,9-10,12,14,18,24-25,30H,3-4,7-8,11,13,15-17,19-21,32H2,1-2H3,(H,36,37)/t24-,25+,30-/m1/s1. The third-order valence-corrected chi connectivity index (χ3v) is 8.11. The van der Waals surface area contributed by atoms with Crippen molar-refractivity contribution in [2.24, 2.45) is 11.7 Å². The number of rotatable bonds is 15. The number of benzene rings is 2. The van der Waals surface area contributed by atoms with Crippen LogP contribution in [0.2, 0.25) is 0 Å². The summed E-state index contributed by atoms with van der Waals surface area (Å²) in [6, 6.07) is 13.2. The largest absolute Gasteiger partial charge is 0.496 e. The number of carboxylic acid groups (broad SMARTS) is 1. The number of unbranched alkanes of at least 4 members (excludes halogenated alkanes) is 2. The number of likely N-dealkylation sites (tertiary alicyclic amines) is 1. The fraction of sp³-hybridized carbons (Fsp3) is 0.548. The smallest absolute Gasteiger partial charge is 0.308 e. The van der Waals surface area contributed by atoms with Gasteiger partial charge in [-0.25, -0.2) is 0 Å². The van der Waals surface area contributed by atoms with Gasteiger partial charge in [0.2, 0.25) is 12.7 Å². The molecule has 9 heteroatoms. The van der Waals surface area contributed by atoms with Crippen LogP contribution in [0.5, 0.6) is 17.2 Å². The summed E-state index contributed by atoms with van der Waals surface area (Å²) >= 11 is 0. The van der Waals surface area contributed by atoms with E-state index < -0.39 is 11.9 Å². The Kier molecular flexibility index (Phi) is 10.7. The van der Waals surface area contributed by atoms with E-state index in [1.165, 1.54) is 0 Å². The van der Waals surface area contributed by atoms with E-state index >= 15 is 0 Å². The number of para-hydroxylation sites is 1. The van der Waals surface area contributed by atoms with E-state index in [2.05, 4.69) is 11.8 Å². The summed E-state index contributed by atoms with van der Waals surface area (Å²) in [6.07, 6.45) is 4.90. The summed E-state index contributed by atoms with van der Waals surface area (Å²) in [5.74, 6) is 0.308. The van der Waals surface area contributed by atoms with E-state index in [4.69, 9.17) is 19.9 Å². The average Bonchev–Trinajstić information content (AvgIpc) is 3.58. The molecule has 40 heavy (non-hydrogen) atoms. The SMILES string of the molecule is CCCCN(CCCCN)C(=O)CN1C[C@H](c2ccc3c(c2)OCO3)[C@@H](C(=O)O)[C@@H]1CCc1ccccc1OC. The van der Waals surface area contributed by atoms with Crippen molar-refractivity contribution in [3.63, 3.8) is 0 Å². The molecule has 2 aromatic carbocycles. The predicted molar refractivity (Wildman–Crippen MR) is 153 cm³/mol. The molecule has 2 heterocycles. The quantitative estimate of drug-likeness (QED) is 0.319. The number of carboxylic acids is 1. The van der Waals surface area contributed by atoms with Gasteiger partial charge in [0.15, 0.2) is 11.5 Å². The summed E-state index contributed by atoms with van der Waals surface area (Å²) in [7, 11) is 1.64. The highest BCUT2D eigenvalue weighted by molar-refractivity contribution is 5.79. The Labute approximate surface area is 237 Å². The van der Waals surface area contributed by atoms with Gasteiger partial charge in [0, 0.05) is 31.6 Å². The molecule has 2 aliphatic rings. The first-order valence-electron chi connectivity index (χ1n) is 14.4. The average molecular weight is 554 g/mol. The van der Waals surface area contributed by atoms with E-state index in [0.717, 1.165) is 42.6 Å². The van der Waals surface area contributed by atoms with Crippen molar-refractivity contribution in [2.45, 2.75) is 57.4 Å². The van der Waals surface area contributed by atoms with Gasteiger partial charge in [-0.15, -0.1) is 0 Å². The minimum atomic E-state index is -0.853. The van der Waals surface area contributed by atoms with Crippen LogP contribution < -0.4 is 19.9 Å². The topological polar surface area (TPSA) is 115 Å². The van der Waals surface area contributed by atoms with E-state index in [9.17, 15) is 14.7 Å². The van der Waals surface area contributed by atoms with Crippen LogP contribution in [0.25, 0.3) is 0 Å². The van der Waals surface area contributed by atoms with Crippen LogP contribution in [0, 0.1) is 5.92 Å². The molecule has 4 rings (SSSR count). The van der Waals surface area contributed by atoms with Crippen molar-refractivity contribution in [1.82, 2.24) is 9.80 Å². The zero-order chi connectivity index (χ0) is 28.5. The minimum Gasteiger partial charge on any atom is -0.496 e. The number of aliphatic carboxylic acids is 1. The number of nitrogens with two attached hydrogens (primary N) is 1. The molecule has 0 aromatic heterocycles. The molecule has 0 radical (unpaired) electrons. The first kappa shape index (κ1) is 29.7. The Bertz CT molecular complexity index is 1140. The molecule has 0 saturated carbocycles. The molecular weight excluding hydrogens is 510 g/mol. The summed E-state index contributed by atoms with van der Waals surface area (Å²) < 4.78 is 16.6. The van der Waals surface area contributed by atoms with Crippen LogP contribution >= 0.6 is 0 Å². The van der Waals surface area contributed by atoms with Gasteiger partial charge >= 0.3 is 5.97 Å². The highest BCUT2D eigenvalue weighted by Gasteiger charge is 2.47. The van der Waals surface area contributed by atoms with Crippen molar-refractivity contribution >= 4 is 11.9 Å². The first-order chi connectivity index (χ1) is 19.5. The molecule has 3 N–H and O–H groups in total. The number of fused-ring (bicyclic) bond motifs is 1. The summed E-state index contributed by atoms with van der Waals surface area (Å²) in [4.78, 5) is 30.5. The number of carbonyl (C=O) groups is 2. The van der Waals surface area contributed by atoms with Gasteiger partial charge in [-0.1, -0.05) is 37.6 Å². The Hall–Kier alpha value is -3.30. The van der Waals surface area contributed by atoms with Crippen molar-refractivity contribution in [2.75, 3.05) is 46.6 Å². The van der Waals surface area contributed by atoms with Gasteiger partial charge in [0.25, 0.3) is 0 Å². The van der Waals surface area contributed by atoms with Gasteiger partial charge in [0.05, 0.1) is 19.6 Å². The van der Waals surface area contributed by atoms with Crippen LogP contribution in [0.4, 0.5) is 0 Å². The lowest BCUT2D eigenvalue weighted by Gasteiger charge is -2.30.